The first-order valence-corrected chi connectivity index (χ1v) is 8.67. The first kappa shape index (κ1) is 14.2. The standard InChI is InChI=1S/C18H14N6S/c19-18-22-14-3-1-11(7-17(14)25-18)9-24-10-20-15-8-12(2-4-16(15)24)13-5-6-21-23-13/h1-8,10H,9H2,(H2,19,22)(H,21,23). The van der Waals surface area contributed by atoms with Gasteiger partial charge in [0.25, 0.3) is 0 Å². The Morgan fingerprint density at radius 3 is 2.92 bits per heavy atom. The van der Waals surface area contributed by atoms with Crippen molar-refractivity contribution in [2.75, 3.05) is 5.73 Å². The lowest BCUT2D eigenvalue weighted by Gasteiger charge is -2.05. The van der Waals surface area contributed by atoms with E-state index in [1.165, 1.54) is 16.9 Å². The summed E-state index contributed by atoms with van der Waals surface area (Å²) in [5, 5.41) is 7.59. The fraction of sp³-hybridized carbons (Fsp3) is 0.0556. The summed E-state index contributed by atoms with van der Waals surface area (Å²) in [7, 11) is 0. The number of hydrogen-bond donors (Lipinski definition) is 2. The van der Waals surface area contributed by atoms with Gasteiger partial charge in [-0.2, -0.15) is 5.10 Å². The third-order valence-electron chi connectivity index (χ3n) is 4.26. The molecule has 25 heavy (non-hydrogen) atoms. The van der Waals surface area contributed by atoms with E-state index in [2.05, 4.69) is 55.1 Å². The van der Waals surface area contributed by atoms with Crippen LogP contribution in [0.2, 0.25) is 0 Å². The van der Waals surface area contributed by atoms with Gasteiger partial charge in [-0.15, -0.1) is 0 Å². The minimum absolute atomic E-state index is 0.603. The molecular formula is C18H14N6S. The van der Waals surface area contributed by atoms with Gasteiger partial charge in [-0.05, 0) is 35.9 Å². The monoisotopic (exact) mass is 346 g/mol. The van der Waals surface area contributed by atoms with E-state index in [1.807, 2.05) is 18.5 Å². The van der Waals surface area contributed by atoms with Gasteiger partial charge in [0.2, 0.25) is 0 Å². The molecule has 3 aromatic heterocycles. The van der Waals surface area contributed by atoms with Crippen LogP contribution in [0, 0.1) is 0 Å². The highest BCUT2D eigenvalue weighted by molar-refractivity contribution is 7.22. The SMILES string of the molecule is Nc1nc2ccc(Cn3cnc4cc(-c5ccn[nH]5)ccc43)cc2s1. The third-order valence-corrected chi connectivity index (χ3v) is 5.10. The molecule has 0 radical (unpaired) electrons. The molecular weight excluding hydrogens is 332 g/mol. The van der Waals surface area contributed by atoms with Crippen LogP contribution in [0.15, 0.2) is 55.0 Å². The molecule has 122 valence electrons. The Balaban J connectivity index is 1.51. The van der Waals surface area contributed by atoms with E-state index in [1.54, 1.807) is 6.20 Å². The molecule has 7 heteroatoms. The molecule has 0 aliphatic carbocycles. The minimum atomic E-state index is 0.603. The second-order valence-electron chi connectivity index (χ2n) is 5.90. The van der Waals surface area contributed by atoms with Crippen molar-refractivity contribution in [3.8, 4) is 11.3 Å². The largest absolute Gasteiger partial charge is 0.375 e. The van der Waals surface area contributed by atoms with Gasteiger partial charge in [-0.1, -0.05) is 23.5 Å². The number of nitrogen functional groups attached to an aromatic ring is 1. The van der Waals surface area contributed by atoms with Gasteiger partial charge in [0.1, 0.15) is 0 Å². The predicted molar refractivity (Wildman–Crippen MR) is 100 cm³/mol. The van der Waals surface area contributed by atoms with Gasteiger partial charge < -0.3 is 10.3 Å². The van der Waals surface area contributed by atoms with E-state index < -0.39 is 0 Å². The van der Waals surface area contributed by atoms with E-state index in [0.717, 1.165) is 39.1 Å². The zero-order valence-electron chi connectivity index (χ0n) is 13.2. The Bertz CT molecular complexity index is 1190. The molecule has 0 unspecified atom stereocenters. The lowest BCUT2D eigenvalue weighted by molar-refractivity contribution is 0.826. The normalized spacial score (nSPS) is 11.5. The van der Waals surface area contributed by atoms with Crippen LogP contribution in [-0.2, 0) is 6.54 Å². The van der Waals surface area contributed by atoms with E-state index in [-0.39, 0.29) is 0 Å². The van der Waals surface area contributed by atoms with E-state index in [0.29, 0.717) is 5.13 Å². The topological polar surface area (TPSA) is 85.4 Å². The fourth-order valence-corrected chi connectivity index (χ4v) is 3.85. The minimum Gasteiger partial charge on any atom is -0.375 e. The fourth-order valence-electron chi connectivity index (χ4n) is 3.06. The van der Waals surface area contributed by atoms with Crippen LogP contribution in [0.4, 0.5) is 5.13 Å². The lowest BCUT2D eigenvalue weighted by atomic mass is 10.1. The second kappa shape index (κ2) is 5.42. The maximum atomic E-state index is 5.79. The molecule has 0 amide bonds. The van der Waals surface area contributed by atoms with Crippen molar-refractivity contribution in [2.45, 2.75) is 6.54 Å². The molecule has 0 spiro atoms. The van der Waals surface area contributed by atoms with Gasteiger partial charge in [0, 0.05) is 18.3 Å². The number of anilines is 1. The molecule has 2 aromatic carbocycles. The van der Waals surface area contributed by atoms with Gasteiger partial charge in [-0.25, -0.2) is 9.97 Å². The number of thiazole rings is 1. The molecule has 0 aliphatic heterocycles. The summed E-state index contributed by atoms with van der Waals surface area (Å²) in [5.41, 5.74) is 12.1. The van der Waals surface area contributed by atoms with Crippen LogP contribution >= 0.6 is 11.3 Å². The number of aromatic nitrogens is 5. The van der Waals surface area contributed by atoms with Gasteiger partial charge in [-0.3, -0.25) is 5.10 Å². The molecule has 0 saturated carbocycles. The summed E-state index contributed by atoms with van der Waals surface area (Å²) in [4.78, 5) is 8.86. The summed E-state index contributed by atoms with van der Waals surface area (Å²) in [6, 6.07) is 14.5. The molecule has 3 N–H and O–H groups in total. The maximum absolute atomic E-state index is 5.79. The number of nitrogens with zero attached hydrogens (tertiary/aromatic N) is 4. The number of rotatable bonds is 3. The number of aromatic amines is 1. The Labute approximate surface area is 147 Å². The van der Waals surface area contributed by atoms with Gasteiger partial charge >= 0.3 is 0 Å². The number of fused-ring (bicyclic) bond motifs is 2. The van der Waals surface area contributed by atoms with Crippen molar-refractivity contribution in [3.05, 3.63) is 60.6 Å². The Kier molecular flexibility index (Phi) is 3.07. The van der Waals surface area contributed by atoms with Crippen molar-refractivity contribution < 1.29 is 0 Å². The average molecular weight is 346 g/mol. The first-order valence-electron chi connectivity index (χ1n) is 7.86. The maximum Gasteiger partial charge on any atom is 0.181 e. The Morgan fingerprint density at radius 1 is 1.08 bits per heavy atom. The summed E-state index contributed by atoms with van der Waals surface area (Å²) in [6.45, 7) is 0.758. The number of H-pyrrole nitrogens is 1. The summed E-state index contributed by atoms with van der Waals surface area (Å²) in [6.07, 6.45) is 3.63. The molecule has 5 aromatic rings. The Morgan fingerprint density at radius 2 is 2.04 bits per heavy atom. The molecule has 0 saturated heterocycles. The molecule has 3 heterocycles. The molecule has 0 atom stereocenters. The van der Waals surface area contributed by atoms with Crippen molar-refractivity contribution in [1.29, 1.82) is 0 Å². The highest BCUT2D eigenvalue weighted by Crippen LogP contribution is 2.26. The van der Waals surface area contributed by atoms with Gasteiger partial charge in [0.15, 0.2) is 5.13 Å². The zero-order valence-corrected chi connectivity index (χ0v) is 14.0. The van der Waals surface area contributed by atoms with Crippen molar-refractivity contribution in [1.82, 2.24) is 24.7 Å². The highest BCUT2D eigenvalue weighted by Gasteiger charge is 2.08. The van der Waals surface area contributed by atoms with Crippen LogP contribution in [0.3, 0.4) is 0 Å². The summed E-state index contributed by atoms with van der Waals surface area (Å²) >= 11 is 1.52. The summed E-state index contributed by atoms with van der Waals surface area (Å²) < 4.78 is 3.26. The smallest absolute Gasteiger partial charge is 0.181 e. The number of hydrogen-bond acceptors (Lipinski definition) is 5. The molecule has 0 bridgehead atoms. The Hall–Kier alpha value is -3.19. The van der Waals surface area contributed by atoms with Crippen LogP contribution < -0.4 is 5.73 Å². The number of nitrogens with two attached hydrogens (primary N) is 1. The van der Waals surface area contributed by atoms with Crippen LogP contribution in [0.5, 0.6) is 0 Å². The van der Waals surface area contributed by atoms with Crippen molar-refractivity contribution in [3.63, 3.8) is 0 Å². The third kappa shape index (κ3) is 2.45. The quantitative estimate of drug-likeness (QED) is 0.522. The van der Waals surface area contributed by atoms with E-state index in [9.17, 15) is 0 Å². The highest BCUT2D eigenvalue weighted by atomic mass is 32.1. The lowest BCUT2D eigenvalue weighted by Crippen LogP contribution is -1.97. The first-order chi connectivity index (χ1) is 12.3. The molecule has 0 fully saturated rings. The van der Waals surface area contributed by atoms with E-state index in [4.69, 9.17) is 5.73 Å². The summed E-state index contributed by atoms with van der Waals surface area (Å²) in [5.74, 6) is 0. The predicted octanol–water partition coefficient (Wildman–Crippen LogP) is 3.67. The number of nitrogens with one attached hydrogen (secondary N) is 1. The van der Waals surface area contributed by atoms with Crippen LogP contribution in [0.25, 0.3) is 32.5 Å². The zero-order chi connectivity index (χ0) is 16.8. The molecule has 0 aliphatic rings. The van der Waals surface area contributed by atoms with Crippen molar-refractivity contribution in [2.24, 2.45) is 0 Å². The molecule has 5 rings (SSSR count). The van der Waals surface area contributed by atoms with Gasteiger partial charge in [0.05, 0.1) is 33.3 Å². The molecule has 6 nitrogen and oxygen atoms in total. The van der Waals surface area contributed by atoms with E-state index >= 15 is 0 Å². The number of benzene rings is 2. The van der Waals surface area contributed by atoms with Crippen LogP contribution in [0.1, 0.15) is 5.56 Å². The number of imidazole rings is 1. The van der Waals surface area contributed by atoms with Crippen LogP contribution in [-0.4, -0.2) is 24.7 Å². The second-order valence-corrected chi connectivity index (χ2v) is 6.96. The van der Waals surface area contributed by atoms with Crippen molar-refractivity contribution >= 4 is 37.7 Å². The average Bonchev–Trinajstić information content (AvgIpc) is 3.33.